The molecular formula is C16H18F3N3O2. The lowest BCUT2D eigenvalue weighted by Gasteiger charge is -2.29. The van der Waals surface area contributed by atoms with E-state index in [0.29, 0.717) is 31.5 Å². The lowest BCUT2D eigenvalue weighted by Crippen LogP contribution is -2.44. The van der Waals surface area contributed by atoms with Gasteiger partial charge in [0.15, 0.2) is 6.61 Å². The van der Waals surface area contributed by atoms with Crippen LogP contribution in [0.5, 0.6) is 5.75 Å². The second-order valence-electron chi connectivity index (χ2n) is 5.60. The SMILES string of the molecule is N#CC1CCN(C(=O)NCc2cccc(OCC(F)(F)F)c2)CC1. The maximum atomic E-state index is 12.1. The highest BCUT2D eigenvalue weighted by molar-refractivity contribution is 5.74. The van der Waals surface area contributed by atoms with Crippen molar-refractivity contribution < 1.29 is 22.7 Å². The molecule has 5 nitrogen and oxygen atoms in total. The number of amides is 2. The van der Waals surface area contributed by atoms with Gasteiger partial charge in [-0.2, -0.15) is 18.4 Å². The zero-order valence-electron chi connectivity index (χ0n) is 13.0. The number of hydrogen-bond acceptors (Lipinski definition) is 3. The first kappa shape index (κ1) is 17.9. The van der Waals surface area contributed by atoms with Crippen LogP contribution in [0, 0.1) is 17.2 Å². The summed E-state index contributed by atoms with van der Waals surface area (Å²) in [7, 11) is 0. The summed E-state index contributed by atoms with van der Waals surface area (Å²) >= 11 is 0. The van der Waals surface area contributed by atoms with Crippen molar-refractivity contribution in [1.82, 2.24) is 10.2 Å². The van der Waals surface area contributed by atoms with E-state index < -0.39 is 12.8 Å². The number of urea groups is 1. The predicted octanol–water partition coefficient (Wildman–Crippen LogP) is 3.07. The third kappa shape index (κ3) is 5.65. The Labute approximate surface area is 138 Å². The number of halogens is 3. The number of nitriles is 1. The van der Waals surface area contributed by atoms with Crippen molar-refractivity contribution in [2.75, 3.05) is 19.7 Å². The summed E-state index contributed by atoms with van der Waals surface area (Å²) < 4.78 is 41.1. The van der Waals surface area contributed by atoms with Gasteiger partial charge in [-0.05, 0) is 30.5 Å². The van der Waals surface area contributed by atoms with Gasteiger partial charge in [0.1, 0.15) is 5.75 Å². The fraction of sp³-hybridized carbons (Fsp3) is 0.500. The average molecular weight is 341 g/mol. The zero-order chi connectivity index (χ0) is 17.6. The number of hydrogen-bond donors (Lipinski definition) is 1. The third-order valence-corrected chi connectivity index (χ3v) is 3.71. The molecule has 0 bridgehead atoms. The summed E-state index contributed by atoms with van der Waals surface area (Å²) in [5.41, 5.74) is 0.648. The topological polar surface area (TPSA) is 65.4 Å². The molecule has 0 atom stereocenters. The quantitative estimate of drug-likeness (QED) is 0.915. The highest BCUT2D eigenvalue weighted by atomic mass is 19.4. The largest absolute Gasteiger partial charge is 0.484 e. The van der Waals surface area contributed by atoms with E-state index in [1.807, 2.05) is 0 Å². The summed E-state index contributed by atoms with van der Waals surface area (Å²) in [6.45, 7) is -0.103. The van der Waals surface area contributed by atoms with E-state index in [4.69, 9.17) is 5.26 Å². The summed E-state index contributed by atoms with van der Waals surface area (Å²) in [4.78, 5) is 13.7. The number of carbonyl (C=O) groups excluding carboxylic acids is 1. The van der Waals surface area contributed by atoms with Gasteiger partial charge in [0.2, 0.25) is 0 Å². The number of ether oxygens (including phenoxy) is 1. The van der Waals surface area contributed by atoms with Crippen molar-refractivity contribution in [2.24, 2.45) is 5.92 Å². The monoisotopic (exact) mass is 341 g/mol. The van der Waals surface area contributed by atoms with Crippen molar-refractivity contribution >= 4 is 6.03 Å². The molecule has 2 amide bonds. The smallest absolute Gasteiger partial charge is 0.422 e. The second-order valence-corrected chi connectivity index (χ2v) is 5.60. The molecule has 0 aliphatic carbocycles. The second kappa shape index (κ2) is 7.90. The lowest BCUT2D eigenvalue weighted by molar-refractivity contribution is -0.153. The highest BCUT2D eigenvalue weighted by Crippen LogP contribution is 2.20. The number of nitrogens with one attached hydrogen (secondary N) is 1. The van der Waals surface area contributed by atoms with E-state index in [1.165, 1.54) is 12.1 Å². The molecular weight excluding hydrogens is 323 g/mol. The molecule has 24 heavy (non-hydrogen) atoms. The van der Waals surface area contributed by atoms with Gasteiger partial charge < -0.3 is 15.0 Å². The number of carbonyl (C=O) groups is 1. The van der Waals surface area contributed by atoms with E-state index in [0.717, 1.165) is 0 Å². The number of rotatable bonds is 4. The molecule has 1 aromatic rings. The first-order valence-corrected chi connectivity index (χ1v) is 7.58. The van der Waals surface area contributed by atoms with Crippen LogP contribution in [-0.4, -0.2) is 36.8 Å². The van der Waals surface area contributed by atoms with Gasteiger partial charge in [-0.3, -0.25) is 0 Å². The molecule has 1 fully saturated rings. The predicted molar refractivity (Wildman–Crippen MR) is 80.1 cm³/mol. The van der Waals surface area contributed by atoms with Gasteiger partial charge in [-0.25, -0.2) is 4.79 Å². The Hall–Kier alpha value is -2.43. The standard InChI is InChI=1S/C16H18F3N3O2/c17-16(18,19)11-24-14-3-1-2-13(8-14)10-21-15(23)22-6-4-12(9-20)5-7-22/h1-3,8,12H,4-7,10-11H2,(H,21,23). The maximum Gasteiger partial charge on any atom is 0.422 e. The highest BCUT2D eigenvalue weighted by Gasteiger charge is 2.28. The van der Waals surface area contributed by atoms with Gasteiger partial charge in [0.25, 0.3) is 0 Å². The third-order valence-electron chi connectivity index (χ3n) is 3.71. The number of piperidine rings is 1. The Balaban J connectivity index is 1.81. The molecule has 0 spiro atoms. The van der Waals surface area contributed by atoms with Crippen molar-refractivity contribution in [3.8, 4) is 11.8 Å². The van der Waals surface area contributed by atoms with E-state index in [9.17, 15) is 18.0 Å². The normalized spacial score (nSPS) is 15.7. The average Bonchev–Trinajstić information content (AvgIpc) is 2.58. The fourth-order valence-electron chi connectivity index (χ4n) is 2.41. The van der Waals surface area contributed by atoms with E-state index >= 15 is 0 Å². The van der Waals surface area contributed by atoms with E-state index in [1.54, 1.807) is 17.0 Å². The van der Waals surface area contributed by atoms with Crippen LogP contribution < -0.4 is 10.1 Å². The Morgan fingerprint density at radius 3 is 2.71 bits per heavy atom. The summed E-state index contributed by atoms with van der Waals surface area (Å²) in [6.07, 6.45) is -3.07. The van der Waals surface area contributed by atoms with Gasteiger partial charge in [0.05, 0.1) is 6.07 Å². The molecule has 0 unspecified atom stereocenters. The minimum atomic E-state index is -4.39. The number of alkyl halides is 3. The van der Waals surface area contributed by atoms with Gasteiger partial charge in [-0.15, -0.1) is 0 Å². The summed E-state index contributed by atoms with van der Waals surface area (Å²) in [5.74, 6) is 0.102. The minimum absolute atomic E-state index is 0.00323. The summed E-state index contributed by atoms with van der Waals surface area (Å²) in [6, 6.07) is 8.13. The Morgan fingerprint density at radius 2 is 2.08 bits per heavy atom. The van der Waals surface area contributed by atoms with Gasteiger partial charge >= 0.3 is 12.2 Å². The Morgan fingerprint density at radius 1 is 1.38 bits per heavy atom. The van der Waals surface area contributed by atoms with Crippen LogP contribution in [0.3, 0.4) is 0 Å². The van der Waals surface area contributed by atoms with Crippen LogP contribution in [0.1, 0.15) is 18.4 Å². The molecule has 8 heteroatoms. The van der Waals surface area contributed by atoms with Crippen LogP contribution in [0.4, 0.5) is 18.0 Å². The van der Waals surface area contributed by atoms with E-state index in [2.05, 4.69) is 16.1 Å². The maximum absolute atomic E-state index is 12.1. The number of likely N-dealkylation sites (tertiary alicyclic amines) is 1. The molecule has 1 N–H and O–H groups in total. The molecule has 130 valence electrons. The van der Waals surface area contributed by atoms with Gasteiger partial charge in [0, 0.05) is 25.6 Å². The van der Waals surface area contributed by atoms with Crippen LogP contribution in [0.15, 0.2) is 24.3 Å². The van der Waals surface area contributed by atoms with Crippen LogP contribution in [0.25, 0.3) is 0 Å². The molecule has 2 rings (SSSR count). The van der Waals surface area contributed by atoms with Crippen LogP contribution >= 0.6 is 0 Å². The summed E-state index contributed by atoms with van der Waals surface area (Å²) in [5, 5.41) is 11.6. The van der Waals surface area contributed by atoms with Crippen LogP contribution in [0.2, 0.25) is 0 Å². The number of benzene rings is 1. The van der Waals surface area contributed by atoms with Crippen molar-refractivity contribution in [3.63, 3.8) is 0 Å². The van der Waals surface area contributed by atoms with Crippen molar-refractivity contribution in [2.45, 2.75) is 25.6 Å². The molecule has 1 saturated heterocycles. The molecule has 1 heterocycles. The van der Waals surface area contributed by atoms with E-state index in [-0.39, 0.29) is 24.2 Å². The van der Waals surface area contributed by atoms with Gasteiger partial charge in [-0.1, -0.05) is 12.1 Å². The Kier molecular flexibility index (Phi) is 5.90. The Bertz CT molecular complexity index is 605. The molecule has 0 radical (unpaired) electrons. The first-order valence-electron chi connectivity index (χ1n) is 7.58. The molecule has 1 aliphatic rings. The molecule has 1 aliphatic heterocycles. The molecule has 0 saturated carbocycles. The minimum Gasteiger partial charge on any atom is -0.484 e. The lowest BCUT2D eigenvalue weighted by atomic mass is 9.99. The zero-order valence-corrected chi connectivity index (χ0v) is 13.0. The van der Waals surface area contributed by atoms with Crippen molar-refractivity contribution in [1.29, 1.82) is 5.26 Å². The molecule has 0 aromatic heterocycles. The van der Waals surface area contributed by atoms with Crippen LogP contribution in [-0.2, 0) is 6.54 Å². The first-order chi connectivity index (χ1) is 11.4. The van der Waals surface area contributed by atoms with Crippen molar-refractivity contribution in [3.05, 3.63) is 29.8 Å². The molecule has 1 aromatic carbocycles. The fourth-order valence-corrected chi connectivity index (χ4v) is 2.41. The number of nitrogens with zero attached hydrogens (tertiary/aromatic N) is 2.